The van der Waals surface area contributed by atoms with Crippen molar-refractivity contribution in [2.24, 2.45) is 0 Å². The van der Waals surface area contributed by atoms with E-state index in [2.05, 4.69) is 32.7 Å². The zero-order valence-corrected chi connectivity index (χ0v) is 14.2. The summed E-state index contributed by atoms with van der Waals surface area (Å²) in [4.78, 5) is 20.4. The van der Waals surface area contributed by atoms with Crippen LogP contribution >= 0.6 is 0 Å². The summed E-state index contributed by atoms with van der Waals surface area (Å²) in [7, 11) is 0. The summed E-state index contributed by atoms with van der Waals surface area (Å²) in [5.74, 6) is -0.319. The van der Waals surface area contributed by atoms with Crippen molar-refractivity contribution in [2.45, 2.75) is 12.8 Å². The normalized spacial score (nSPS) is 10.3. The summed E-state index contributed by atoms with van der Waals surface area (Å²) in [5, 5.41) is 5.74. The van der Waals surface area contributed by atoms with E-state index in [0.29, 0.717) is 17.2 Å². The van der Waals surface area contributed by atoms with Crippen molar-refractivity contribution in [3.05, 3.63) is 83.9 Å². The lowest BCUT2D eigenvalue weighted by Crippen LogP contribution is -2.14. The maximum Gasteiger partial charge on any atom is 0.258 e. The average Bonchev–Trinajstić information content (AvgIpc) is 2.66. The minimum absolute atomic E-state index is 0.309. The molecule has 1 amide bonds. The molecule has 0 aliphatic heterocycles. The van der Waals surface area contributed by atoms with Gasteiger partial charge in [0.25, 0.3) is 5.91 Å². The molecule has 6 heteroatoms. The highest BCUT2D eigenvalue weighted by atomic mass is 19.1. The molecule has 1 aromatic heterocycles. The van der Waals surface area contributed by atoms with E-state index in [-0.39, 0.29) is 5.91 Å². The predicted octanol–water partition coefficient (Wildman–Crippen LogP) is 3.91. The van der Waals surface area contributed by atoms with E-state index < -0.39 is 5.82 Å². The molecule has 26 heavy (non-hydrogen) atoms. The molecule has 0 atom stereocenters. The van der Waals surface area contributed by atoms with Gasteiger partial charge in [-0.2, -0.15) is 0 Å². The molecule has 0 radical (unpaired) electrons. The molecule has 0 bridgehead atoms. The molecule has 3 aromatic rings. The predicted molar refractivity (Wildman–Crippen MR) is 99.6 cm³/mol. The van der Waals surface area contributed by atoms with Crippen molar-refractivity contribution < 1.29 is 9.18 Å². The SMILES string of the molecule is O=C(Nc1cccc(F)c1)c1cnc(NCCCc2ccccc2)nc1. The van der Waals surface area contributed by atoms with Gasteiger partial charge in [-0.15, -0.1) is 0 Å². The molecule has 0 aliphatic rings. The lowest BCUT2D eigenvalue weighted by Gasteiger charge is -2.07. The van der Waals surface area contributed by atoms with Crippen molar-refractivity contribution in [2.75, 3.05) is 17.2 Å². The number of aryl methyl sites for hydroxylation is 1. The number of halogens is 1. The van der Waals surface area contributed by atoms with Gasteiger partial charge in [0.2, 0.25) is 5.95 Å². The van der Waals surface area contributed by atoms with Crippen LogP contribution < -0.4 is 10.6 Å². The van der Waals surface area contributed by atoms with Crippen molar-refractivity contribution in [3.8, 4) is 0 Å². The Balaban J connectivity index is 1.47. The van der Waals surface area contributed by atoms with Gasteiger partial charge in [-0.3, -0.25) is 4.79 Å². The van der Waals surface area contributed by atoms with Gasteiger partial charge < -0.3 is 10.6 Å². The van der Waals surface area contributed by atoms with Crippen LogP contribution in [0.2, 0.25) is 0 Å². The van der Waals surface area contributed by atoms with Crippen molar-refractivity contribution in [1.29, 1.82) is 0 Å². The zero-order valence-electron chi connectivity index (χ0n) is 14.2. The fourth-order valence-corrected chi connectivity index (χ4v) is 2.44. The number of amides is 1. The Labute approximate surface area is 151 Å². The summed E-state index contributed by atoms with van der Waals surface area (Å²) in [6.45, 7) is 0.740. The van der Waals surface area contributed by atoms with Crippen LogP contribution in [0.3, 0.4) is 0 Å². The molecular weight excluding hydrogens is 331 g/mol. The summed E-state index contributed by atoms with van der Waals surface area (Å²) in [6.07, 6.45) is 4.82. The van der Waals surface area contributed by atoms with Crippen LogP contribution in [0.4, 0.5) is 16.0 Å². The number of rotatable bonds is 7. The number of carbonyl (C=O) groups is 1. The number of nitrogens with one attached hydrogen (secondary N) is 2. The van der Waals surface area contributed by atoms with E-state index in [4.69, 9.17) is 0 Å². The van der Waals surface area contributed by atoms with E-state index in [0.717, 1.165) is 19.4 Å². The van der Waals surface area contributed by atoms with E-state index in [9.17, 15) is 9.18 Å². The molecule has 0 fully saturated rings. The number of carbonyl (C=O) groups excluding carboxylic acids is 1. The van der Waals surface area contributed by atoms with Crippen molar-refractivity contribution in [3.63, 3.8) is 0 Å². The molecule has 0 aliphatic carbocycles. The van der Waals surface area contributed by atoms with Gasteiger partial charge in [0.05, 0.1) is 5.56 Å². The maximum absolute atomic E-state index is 13.1. The Morgan fingerprint density at radius 1 is 1.00 bits per heavy atom. The first kappa shape index (κ1) is 17.5. The number of anilines is 2. The number of nitrogens with zero attached hydrogens (tertiary/aromatic N) is 2. The number of aromatic nitrogens is 2. The molecule has 132 valence electrons. The Morgan fingerprint density at radius 3 is 2.50 bits per heavy atom. The second kappa shape index (κ2) is 8.71. The van der Waals surface area contributed by atoms with E-state index in [1.54, 1.807) is 6.07 Å². The third-order valence-electron chi connectivity index (χ3n) is 3.76. The van der Waals surface area contributed by atoms with E-state index in [1.807, 2.05) is 18.2 Å². The van der Waals surface area contributed by atoms with Gasteiger partial charge in [0.15, 0.2) is 0 Å². The molecule has 3 rings (SSSR count). The molecule has 0 spiro atoms. The zero-order chi connectivity index (χ0) is 18.2. The summed E-state index contributed by atoms with van der Waals surface area (Å²) in [6, 6.07) is 16.0. The Morgan fingerprint density at radius 2 is 1.77 bits per heavy atom. The molecule has 2 N–H and O–H groups in total. The minimum Gasteiger partial charge on any atom is -0.354 e. The second-order valence-electron chi connectivity index (χ2n) is 5.78. The summed E-state index contributed by atoms with van der Waals surface area (Å²) in [5.41, 5.74) is 1.99. The van der Waals surface area contributed by atoms with Gasteiger partial charge in [-0.05, 0) is 36.6 Å². The first-order valence-electron chi connectivity index (χ1n) is 8.37. The van der Waals surface area contributed by atoms with Gasteiger partial charge in [-0.1, -0.05) is 36.4 Å². The quantitative estimate of drug-likeness (QED) is 0.634. The third kappa shape index (κ3) is 5.11. The van der Waals surface area contributed by atoms with Crippen LogP contribution in [0.15, 0.2) is 67.0 Å². The lowest BCUT2D eigenvalue weighted by molar-refractivity contribution is 0.102. The third-order valence-corrected chi connectivity index (χ3v) is 3.76. The molecule has 5 nitrogen and oxygen atoms in total. The van der Waals surface area contributed by atoms with Crippen LogP contribution in [0.5, 0.6) is 0 Å². The van der Waals surface area contributed by atoms with Crippen LogP contribution in [-0.2, 0) is 6.42 Å². The second-order valence-corrected chi connectivity index (χ2v) is 5.78. The Kier molecular flexibility index (Phi) is 5.88. The van der Waals surface area contributed by atoms with E-state index >= 15 is 0 Å². The van der Waals surface area contributed by atoms with Crippen molar-refractivity contribution in [1.82, 2.24) is 9.97 Å². The number of hydrogen-bond donors (Lipinski definition) is 2. The average molecular weight is 350 g/mol. The first-order chi connectivity index (χ1) is 12.7. The molecule has 1 heterocycles. The van der Waals surface area contributed by atoms with Gasteiger partial charge in [0.1, 0.15) is 5.82 Å². The lowest BCUT2D eigenvalue weighted by atomic mass is 10.1. The molecule has 2 aromatic carbocycles. The standard InChI is InChI=1S/C20H19FN4O/c21-17-9-4-10-18(12-17)25-19(26)16-13-23-20(24-14-16)22-11-5-8-15-6-2-1-3-7-15/h1-4,6-7,9-10,12-14H,5,8,11H2,(H,25,26)(H,22,23,24). The Hall–Kier alpha value is -3.28. The van der Waals surface area contributed by atoms with Gasteiger partial charge >= 0.3 is 0 Å². The summed E-state index contributed by atoms with van der Waals surface area (Å²) >= 11 is 0. The number of benzene rings is 2. The molecule has 0 unspecified atom stereocenters. The highest BCUT2D eigenvalue weighted by Crippen LogP contribution is 2.11. The van der Waals surface area contributed by atoms with E-state index in [1.165, 1.54) is 36.2 Å². The van der Waals surface area contributed by atoms with Crippen LogP contribution in [-0.4, -0.2) is 22.4 Å². The van der Waals surface area contributed by atoms with Crippen LogP contribution in [0, 0.1) is 5.82 Å². The Bertz CT molecular complexity index is 853. The highest BCUT2D eigenvalue weighted by Gasteiger charge is 2.08. The fourth-order valence-electron chi connectivity index (χ4n) is 2.44. The monoisotopic (exact) mass is 350 g/mol. The number of hydrogen-bond acceptors (Lipinski definition) is 4. The maximum atomic E-state index is 13.1. The smallest absolute Gasteiger partial charge is 0.258 e. The van der Waals surface area contributed by atoms with Crippen molar-refractivity contribution >= 4 is 17.5 Å². The fraction of sp³-hybridized carbons (Fsp3) is 0.150. The van der Waals surface area contributed by atoms with Gasteiger partial charge in [-0.25, -0.2) is 14.4 Å². The first-order valence-corrected chi connectivity index (χ1v) is 8.37. The summed E-state index contributed by atoms with van der Waals surface area (Å²) < 4.78 is 13.1. The molecular formula is C20H19FN4O. The topological polar surface area (TPSA) is 66.9 Å². The van der Waals surface area contributed by atoms with Gasteiger partial charge in [0, 0.05) is 24.6 Å². The minimum atomic E-state index is -0.408. The molecule has 0 saturated heterocycles. The van der Waals surface area contributed by atoms with Crippen LogP contribution in [0.25, 0.3) is 0 Å². The molecule has 0 saturated carbocycles. The highest BCUT2D eigenvalue weighted by molar-refractivity contribution is 6.03. The largest absolute Gasteiger partial charge is 0.354 e. The van der Waals surface area contributed by atoms with Crippen LogP contribution in [0.1, 0.15) is 22.3 Å².